The third kappa shape index (κ3) is 6.25. The standard InChI is InChI=1S/C40H52F2N8O2/c1-7-30-32(42)10-9-26-15-29(51)16-35(36(26)30)47-14-11-31-34(22-47)43-38(52-24-40-12-8-13-49(40)21-28(41)17-40)44-37(31)48-19-27-20-50(25(2)46(5)6)45-33(27)18-39(3,4)23-48/h9-10,15-16,20,25,28,51H,7-8,11-14,17-19,21-24H2,1-6H3/t25?,28-,40+/m1/s1. The minimum absolute atomic E-state index is 0.0876. The van der Waals surface area contributed by atoms with Gasteiger partial charge in [-0.05, 0) is 88.2 Å². The van der Waals surface area contributed by atoms with Gasteiger partial charge in [-0.1, -0.05) is 26.8 Å². The molecule has 4 aromatic rings. The number of ether oxygens (including phenoxy) is 1. The van der Waals surface area contributed by atoms with Gasteiger partial charge in [0.2, 0.25) is 0 Å². The number of hydrogen-bond acceptors (Lipinski definition) is 9. The van der Waals surface area contributed by atoms with Crippen LogP contribution in [-0.2, 0) is 32.4 Å². The lowest BCUT2D eigenvalue weighted by Crippen LogP contribution is -2.43. The van der Waals surface area contributed by atoms with Crippen LogP contribution in [0.3, 0.4) is 0 Å². The van der Waals surface area contributed by atoms with E-state index in [1.54, 1.807) is 18.2 Å². The lowest BCUT2D eigenvalue weighted by molar-refractivity contribution is 0.107. The van der Waals surface area contributed by atoms with Crippen LogP contribution in [0.25, 0.3) is 10.8 Å². The van der Waals surface area contributed by atoms with Gasteiger partial charge in [0.05, 0.1) is 23.5 Å². The number of fused-ring (bicyclic) bond motifs is 4. The van der Waals surface area contributed by atoms with Crippen LogP contribution in [0.1, 0.15) is 81.2 Å². The van der Waals surface area contributed by atoms with Crippen molar-refractivity contribution in [3.05, 3.63) is 64.4 Å². The van der Waals surface area contributed by atoms with Crippen molar-refractivity contribution in [3.8, 4) is 11.8 Å². The van der Waals surface area contributed by atoms with E-state index in [0.29, 0.717) is 63.6 Å². The zero-order valence-electron chi connectivity index (χ0n) is 31.4. The number of halogens is 2. The Balaban J connectivity index is 1.20. The van der Waals surface area contributed by atoms with Gasteiger partial charge in [0.15, 0.2) is 0 Å². The molecular weight excluding hydrogens is 662 g/mol. The predicted octanol–water partition coefficient (Wildman–Crippen LogP) is 6.42. The highest BCUT2D eigenvalue weighted by Gasteiger charge is 2.49. The average Bonchev–Trinajstić information content (AvgIpc) is 3.74. The monoisotopic (exact) mass is 714 g/mol. The number of benzene rings is 2. The smallest absolute Gasteiger partial charge is 0.318 e. The first-order chi connectivity index (χ1) is 24.8. The Bertz CT molecular complexity index is 2000. The highest BCUT2D eigenvalue weighted by Crippen LogP contribution is 2.42. The molecule has 6 heterocycles. The summed E-state index contributed by atoms with van der Waals surface area (Å²) in [4.78, 5) is 19.2. The number of anilines is 2. The number of rotatable bonds is 8. The van der Waals surface area contributed by atoms with Crippen molar-refractivity contribution in [1.82, 2.24) is 29.5 Å². The molecule has 2 fully saturated rings. The summed E-state index contributed by atoms with van der Waals surface area (Å²) in [5, 5.41) is 17.5. The number of aromatic hydroxyl groups is 1. The van der Waals surface area contributed by atoms with Crippen LogP contribution >= 0.6 is 0 Å². The molecule has 2 saturated heterocycles. The summed E-state index contributed by atoms with van der Waals surface area (Å²) in [6.45, 7) is 12.9. The molecule has 278 valence electrons. The van der Waals surface area contributed by atoms with Crippen molar-refractivity contribution in [1.29, 1.82) is 0 Å². The zero-order valence-corrected chi connectivity index (χ0v) is 31.4. The Morgan fingerprint density at radius 1 is 1.10 bits per heavy atom. The SMILES string of the molecule is CCc1c(F)ccc2cc(O)cc(N3CCc4c(nc(OC[C@@]56CCCN5C[C@H](F)C6)nc4N4Cc5cn(C(C)N(C)C)nc5CC(C)(C)C4)C3)c12. The molecule has 12 heteroatoms. The number of alkyl halides is 1. The minimum atomic E-state index is -0.850. The summed E-state index contributed by atoms with van der Waals surface area (Å²) in [5.41, 5.74) is 5.25. The number of nitrogens with zero attached hydrogens (tertiary/aromatic N) is 8. The van der Waals surface area contributed by atoms with E-state index in [9.17, 15) is 9.50 Å². The Kier molecular flexibility index (Phi) is 8.84. The van der Waals surface area contributed by atoms with E-state index in [4.69, 9.17) is 19.8 Å². The van der Waals surface area contributed by atoms with Gasteiger partial charge in [-0.25, -0.2) is 8.78 Å². The lowest BCUT2D eigenvalue weighted by atomic mass is 9.87. The highest BCUT2D eigenvalue weighted by atomic mass is 19.1. The van der Waals surface area contributed by atoms with Crippen molar-refractivity contribution >= 4 is 22.3 Å². The second-order valence-corrected chi connectivity index (χ2v) is 16.6. The molecule has 4 aliphatic rings. The number of phenolic OH excluding ortho intramolecular Hbond substituents is 1. The maximum atomic E-state index is 15.2. The molecule has 0 radical (unpaired) electrons. The summed E-state index contributed by atoms with van der Waals surface area (Å²) in [6.07, 6.45) is 5.90. The van der Waals surface area contributed by atoms with Crippen LogP contribution in [0.2, 0.25) is 0 Å². The summed E-state index contributed by atoms with van der Waals surface area (Å²) in [6, 6.07) is 6.98. The highest BCUT2D eigenvalue weighted by molar-refractivity contribution is 5.98. The molecule has 0 saturated carbocycles. The van der Waals surface area contributed by atoms with Crippen LogP contribution in [-0.4, -0.2) is 93.2 Å². The zero-order chi connectivity index (χ0) is 36.5. The third-order valence-corrected chi connectivity index (χ3v) is 12.0. The van der Waals surface area contributed by atoms with Crippen molar-refractivity contribution in [2.24, 2.45) is 5.41 Å². The summed E-state index contributed by atoms with van der Waals surface area (Å²) in [5.74, 6) is 0.767. The molecular formula is C40H52F2N8O2. The van der Waals surface area contributed by atoms with E-state index in [0.717, 1.165) is 71.6 Å². The molecule has 0 bridgehead atoms. The first-order valence-corrected chi connectivity index (χ1v) is 18.9. The van der Waals surface area contributed by atoms with Gasteiger partial charge >= 0.3 is 6.01 Å². The van der Waals surface area contributed by atoms with Crippen LogP contribution in [0.4, 0.5) is 20.3 Å². The Morgan fingerprint density at radius 3 is 2.71 bits per heavy atom. The van der Waals surface area contributed by atoms with Crippen molar-refractivity contribution in [3.63, 3.8) is 0 Å². The Labute approximate surface area is 305 Å². The maximum Gasteiger partial charge on any atom is 0.318 e. The lowest BCUT2D eigenvalue weighted by Gasteiger charge is -2.36. The second-order valence-electron chi connectivity index (χ2n) is 16.6. The number of phenols is 1. The summed E-state index contributed by atoms with van der Waals surface area (Å²) in [7, 11) is 4.13. The van der Waals surface area contributed by atoms with Crippen LogP contribution in [0, 0.1) is 11.2 Å². The van der Waals surface area contributed by atoms with E-state index in [2.05, 4.69) is 65.3 Å². The van der Waals surface area contributed by atoms with Gasteiger partial charge in [-0.3, -0.25) is 14.5 Å². The first kappa shape index (κ1) is 35.0. The van der Waals surface area contributed by atoms with Crippen LogP contribution in [0.15, 0.2) is 30.5 Å². The fourth-order valence-corrected chi connectivity index (χ4v) is 9.25. The molecule has 2 aromatic heterocycles. The Hall–Kier alpha value is -4.03. The fraction of sp³-hybridized carbons (Fsp3) is 0.575. The number of hydrogen-bond donors (Lipinski definition) is 1. The van der Waals surface area contributed by atoms with E-state index < -0.39 is 6.17 Å². The molecule has 1 N–H and O–H groups in total. The van der Waals surface area contributed by atoms with E-state index >= 15 is 4.39 Å². The maximum absolute atomic E-state index is 15.2. The van der Waals surface area contributed by atoms with Crippen LogP contribution in [0.5, 0.6) is 11.8 Å². The minimum Gasteiger partial charge on any atom is -0.508 e. The third-order valence-electron chi connectivity index (χ3n) is 12.0. The topological polar surface area (TPSA) is 86.0 Å². The molecule has 10 nitrogen and oxygen atoms in total. The van der Waals surface area contributed by atoms with Gasteiger partial charge in [-0.15, -0.1) is 0 Å². The van der Waals surface area contributed by atoms with Crippen molar-refractivity contribution in [2.75, 3.05) is 56.7 Å². The fourth-order valence-electron chi connectivity index (χ4n) is 9.25. The molecule has 4 aliphatic heterocycles. The van der Waals surface area contributed by atoms with Crippen LogP contribution < -0.4 is 14.5 Å². The van der Waals surface area contributed by atoms with E-state index in [1.807, 2.05) is 6.92 Å². The molecule has 52 heavy (non-hydrogen) atoms. The van der Waals surface area contributed by atoms with E-state index in [-0.39, 0.29) is 28.7 Å². The molecule has 2 aromatic carbocycles. The van der Waals surface area contributed by atoms with Gasteiger partial charge < -0.3 is 19.6 Å². The normalized spacial score (nSPS) is 23.5. The van der Waals surface area contributed by atoms with Gasteiger partial charge in [0.1, 0.15) is 36.3 Å². The first-order valence-electron chi connectivity index (χ1n) is 18.9. The molecule has 1 unspecified atom stereocenters. The number of aromatic nitrogens is 4. The summed E-state index contributed by atoms with van der Waals surface area (Å²) < 4.78 is 38.5. The summed E-state index contributed by atoms with van der Waals surface area (Å²) >= 11 is 0. The van der Waals surface area contributed by atoms with Gasteiger partial charge in [0.25, 0.3) is 0 Å². The Morgan fingerprint density at radius 2 is 1.92 bits per heavy atom. The molecule has 3 atom stereocenters. The van der Waals surface area contributed by atoms with Gasteiger partial charge in [0, 0.05) is 67.1 Å². The van der Waals surface area contributed by atoms with Crippen molar-refractivity contribution < 1.29 is 18.6 Å². The second kappa shape index (κ2) is 13.1. The van der Waals surface area contributed by atoms with Crippen molar-refractivity contribution in [2.45, 2.75) is 97.2 Å². The van der Waals surface area contributed by atoms with Gasteiger partial charge in [-0.2, -0.15) is 15.1 Å². The quantitative estimate of drug-likeness (QED) is 0.222. The molecule has 0 aliphatic carbocycles. The molecule has 0 amide bonds. The molecule has 8 rings (SSSR count). The number of aryl methyl sites for hydroxylation is 1. The predicted molar refractivity (Wildman–Crippen MR) is 199 cm³/mol. The molecule has 0 spiro atoms. The largest absolute Gasteiger partial charge is 0.508 e. The average molecular weight is 715 g/mol. The van der Waals surface area contributed by atoms with E-state index in [1.165, 1.54) is 11.6 Å².